The van der Waals surface area contributed by atoms with E-state index in [2.05, 4.69) is 15.3 Å². The van der Waals surface area contributed by atoms with Crippen molar-refractivity contribution in [2.75, 3.05) is 13.1 Å². The molecule has 2 aromatic carbocycles. The van der Waals surface area contributed by atoms with Gasteiger partial charge in [-0.2, -0.15) is 5.10 Å². The maximum Gasteiger partial charge on any atom is 0.254 e. The van der Waals surface area contributed by atoms with E-state index in [1.807, 2.05) is 42.5 Å². The van der Waals surface area contributed by atoms with Crippen molar-refractivity contribution in [3.8, 4) is 0 Å². The Morgan fingerprint density at radius 1 is 1.10 bits per heavy atom. The smallest absolute Gasteiger partial charge is 0.254 e. The second-order valence-electron chi connectivity index (χ2n) is 7.55. The average molecular weight is 392 g/mol. The minimum atomic E-state index is -0.176. The Labute approximate surface area is 170 Å². The Bertz CT molecular complexity index is 956. The number of carbonyl (C=O) groups excluding carboxylic acids is 1. The van der Waals surface area contributed by atoms with Crippen molar-refractivity contribution < 1.29 is 9.18 Å². The van der Waals surface area contributed by atoms with Gasteiger partial charge in [-0.05, 0) is 31.0 Å². The molecular weight excluding hydrogens is 367 g/mol. The second-order valence-corrected chi connectivity index (χ2v) is 7.55. The normalized spacial score (nSPS) is 17.2. The maximum atomic E-state index is 13.9. The number of carbonyl (C=O) groups is 1. The van der Waals surface area contributed by atoms with E-state index in [-0.39, 0.29) is 17.8 Å². The molecule has 29 heavy (non-hydrogen) atoms. The highest BCUT2D eigenvalue weighted by Gasteiger charge is 2.23. The highest BCUT2D eigenvalue weighted by molar-refractivity contribution is 5.93. The van der Waals surface area contributed by atoms with Crippen LogP contribution in [-0.4, -0.2) is 39.7 Å². The summed E-state index contributed by atoms with van der Waals surface area (Å²) in [5.74, 6) is -0.286. The Morgan fingerprint density at radius 2 is 1.90 bits per heavy atom. The number of piperidine rings is 1. The number of nitrogens with zero attached hydrogens (tertiary/aromatic N) is 3. The lowest BCUT2D eigenvalue weighted by molar-refractivity contribution is 0.0900. The van der Waals surface area contributed by atoms with Crippen LogP contribution in [0.15, 0.2) is 67.0 Å². The summed E-state index contributed by atoms with van der Waals surface area (Å²) >= 11 is 0. The van der Waals surface area contributed by atoms with Gasteiger partial charge in [0.25, 0.3) is 5.91 Å². The molecule has 5 nitrogen and oxygen atoms in total. The predicted octanol–water partition coefficient (Wildman–Crippen LogP) is 3.46. The fourth-order valence-corrected chi connectivity index (χ4v) is 3.79. The maximum absolute atomic E-state index is 13.9. The second kappa shape index (κ2) is 9.01. The standard InChI is InChI=1S/C23H25FN4O/c24-22-11-5-4-9-19(22)15-27-12-6-10-21(17-27)26-23(29)20-13-25-28(16-20)14-18-7-2-1-3-8-18/h1-5,7-9,11,13,16,21H,6,10,12,14-15,17H2,(H,26,29)/t21-/m0/s1. The number of aromatic nitrogens is 2. The Morgan fingerprint density at radius 3 is 2.72 bits per heavy atom. The van der Waals surface area contributed by atoms with Crippen molar-refractivity contribution in [2.45, 2.75) is 32.0 Å². The summed E-state index contributed by atoms with van der Waals surface area (Å²) in [5, 5.41) is 7.42. The third kappa shape index (κ3) is 5.09. The molecule has 1 N–H and O–H groups in total. The van der Waals surface area contributed by atoms with Crippen LogP contribution in [0.25, 0.3) is 0 Å². The van der Waals surface area contributed by atoms with Crippen molar-refractivity contribution in [1.82, 2.24) is 20.0 Å². The van der Waals surface area contributed by atoms with Crippen LogP contribution >= 0.6 is 0 Å². The van der Waals surface area contributed by atoms with Gasteiger partial charge in [0.15, 0.2) is 0 Å². The van der Waals surface area contributed by atoms with E-state index in [1.54, 1.807) is 23.1 Å². The molecule has 0 unspecified atom stereocenters. The van der Waals surface area contributed by atoms with Crippen LogP contribution in [0.4, 0.5) is 4.39 Å². The van der Waals surface area contributed by atoms with Crippen LogP contribution in [0.5, 0.6) is 0 Å². The van der Waals surface area contributed by atoms with E-state index in [9.17, 15) is 9.18 Å². The van der Waals surface area contributed by atoms with Crippen LogP contribution < -0.4 is 5.32 Å². The van der Waals surface area contributed by atoms with Crippen molar-refractivity contribution in [3.05, 3.63) is 89.5 Å². The molecule has 4 rings (SSSR count). The third-order valence-corrected chi connectivity index (χ3v) is 5.28. The Hall–Kier alpha value is -2.99. The number of hydrogen-bond acceptors (Lipinski definition) is 3. The topological polar surface area (TPSA) is 50.2 Å². The minimum absolute atomic E-state index is 0.0560. The molecule has 1 saturated heterocycles. The van der Waals surface area contributed by atoms with Gasteiger partial charge >= 0.3 is 0 Å². The van der Waals surface area contributed by atoms with Crippen LogP contribution in [0, 0.1) is 5.82 Å². The summed E-state index contributed by atoms with van der Waals surface area (Å²) in [4.78, 5) is 14.9. The third-order valence-electron chi connectivity index (χ3n) is 5.28. The molecular formula is C23H25FN4O. The zero-order chi connectivity index (χ0) is 20.1. The molecule has 1 amide bonds. The number of rotatable bonds is 6. The first-order valence-corrected chi connectivity index (χ1v) is 10.0. The molecule has 0 spiro atoms. The van der Waals surface area contributed by atoms with Gasteiger partial charge in [-0.3, -0.25) is 14.4 Å². The van der Waals surface area contributed by atoms with E-state index in [4.69, 9.17) is 0 Å². The number of amides is 1. The van der Waals surface area contributed by atoms with Gasteiger partial charge in [0.05, 0.1) is 18.3 Å². The average Bonchev–Trinajstić information content (AvgIpc) is 3.19. The van der Waals surface area contributed by atoms with Crippen molar-refractivity contribution >= 4 is 5.91 Å². The van der Waals surface area contributed by atoms with E-state index >= 15 is 0 Å². The van der Waals surface area contributed by atoms with Crippen molar-refractivity contribution in [1.29, 1.82) is 0 Å². The van der Waals surface area contributed by atoms with Crippen molar-refractivity contribution in [3.63, 3.8) is 0 Å². The van der Waals surface area contributed by atoms with E-state index in [1.165, 1.54) is 6.07 Å². The van der Waals surface area contributed by atoms with E-state index in [0.29, 0.717) is 24.2 Å². The Kier molecular flexibility index (Phi) is 6.00. The summed E-state index contributed by atoms with van der Waals surface area (Å²) < 4.78 is 15.7. The number of nitrogens with one attached hydrogen (secondary N) is 1. The fourth-order valence-electron chi connectivity index (χ4n) is 3.79. The molecule has 150 valence electrons. The largest absolute Gasteiger partial charge is 0.348 e. The first-order valence-electron chi connectivity index (χ1n) is 10.0. The summed E-state index contributed by atoms with van der Waals surface area (Å²) in [7, 11) is 0. The molecule has 1 atom stereocenters. The molecule has 0 bridgehead atoms. The number of halogens is 1. The van der Waals surface area contributed by atoms with Crippen LogP contribution in [0.3, 0.4) is 0 Å². The van der Waals surface area contributed by atoms with Crippen LogP contribution in [0.1, 0.15) is 34.3 Å². The number of hydrogen-bond donors (Lipinski definition) is 1. The lowest BCUT2D eigenvalue weighted by Crippen LogP contribution is -2.47. The highest BCUT2D eigenvalue weighted by Crippen LogP contribution is 2.16. The zero-order valence-corrected chi connectivity index (χ0v) is 16.3. The fraction of sp³-hybridized carbons (Fsp3) is 0.304. The molecule has 1 aliphatic rings. The zero-order valence-electron chi connectivity index (χ0n) is 16.3. The molecule has 1 aliphatic heterocycles. The summed E-state index contributed by atoms with van der Waals surface area (Å²) in [5.41, 5.74) is 2.40. The lowest BCUT2D eigenvalue weighted by Gasteiger charge is -2.33. The summed E-state index contributed by atoms with van der Waals surface area (Å²) in [6.45, 7) is 2.83. The number of likely N-dealkylation sites (tertiary alicyclic amines) is 1. The predicted molar refractivity (Wildman–Crippen MR) is 110 cm³/mol. The molecule has 0 radical (unpaired) electrons. The molecule has 2 heterocycles. The van der Waals surface area contributed by atoms with Gasteiger partial charge in [0, 0.05) is 30.9 Å². The van der Waals surface area contributed by atoms with Gasteiger partial charge in [-0.25, -0.2) is 4.39 Å². The first kappa shape index (κ1) is 19.3. The molecule has 1 fully saturated rings. The molecule has 6 heteroatoms. The van der Waals surface area contributed by atoms with Crippen LogP contribution in [0.2, 0.25) is 0 Å². The van der Waals surface area contributed by atoms with Crippen LogP contribution in [-0.2, 0) is 13.1 Å². The van der Waals surface area contributed by atoms with Gasteiger partial charge < -0.3 is 5.32 Å². The monoisotopic (exact) mass is 392 g/mol. The quantitative estimate of drug-likeness (QED) is 0.699. The number of benzene rings is 2. The van der Waals surface area contributed by atoms with Gasteiger partial charge in [-0.1, -0.05) is 48.5 Å². The highest BCUT2D eigenvalue weighted by atomic mass is 19.1. The van der Waals surface area contributed by atoms with E-state index < -0.39 is 0 Å². The summed E-state index contributed by atoms with van der Waals surface area (Å²) in [6.07, 6.45) is 5.30. The minimum Gasteiger partial charge on any atom is -0.348 e. The summed E-state index contributed by atoms with van der Waals surface area (Å²) in [6, 6.07) is 17.0. The SMILES string of the molecule is O=C(N[C@H]1CCCN(Cc2ccccc2F)C1)c1cnn(Cc2ccccc2)c1. The molecule has 0 aliphatic carbocycles. The first-order chi connectivity index (χ1) is 14.2. The molecule has 0 saturated carbocycles. The molecule has 3 aromatic rings. The van der Waals surface area contributed by atoms with Crippen molar-refractivity contribution in [2.24, 2.45) is 0 Å². The molecule has 1 aromatic heterocycles. The van der Waals surface area contributed by atoms with E-state index in [0.717, 1.165) is 31.5 Å². The van der Waals surface area contributed by atoms with Gasteiger partial charge in [-0.15, -0.1) is 0 Å². The van der Waals surface area contributed by atoms with Gasteiger partial charge in [0.2, 0.25) is 0 Å². The Balaban J connectivity index is 1.33. The van der Waals surface area contributed by atoms with Gasteiger partial charge in [0.1, 0.15) is 5.82 Å². The lowest BCUT2D eigenvalue weighted by atomic mass is 10.0.